The fourth-order valence-electron chi connectivity index (χ4n) is 3.12. The Hall–Kier alpha value is -0.580. The summed E-state index contributed by atoms with van der Waals surface area (Å²) < 4.78 is 12.4. The van der Waals surface area contributed by atoms with Gasteiger partial charge < -0.3 is 9.47 Å². The van der Waals surface area contributed by atoms with Crippen LogP contribution in [-0.4, -0.2) is 36.3 Å². The Morgan fingerprint density at radius 2 is 1.80 bits per heavy atom. The summed E-state index contributed by atoms with van der Waals surface area (Å²) in [5, 5.41) is 0. The minimum Gasteiger partial charge on any atom is -0.496 e. The fourth-order valence-corrected chi connectivity index (χ4v) is 3.71. The number of hydrogen-bond donors (Lipinski definition) is 0. The topological polar surface area (TPSA) is 21.7 Å². The highest BCUT2D eigenvalue weighted by atomic mass is 79.9. The maximum absolute atomic E-state index is 6.12. The summed E-state index contributed by atoms with van der Waals surface area (Å²) in [6.45, 7) is 11.4. The van der Waals surface area contributed by atoms with Crippen molar-refractivity contribution in [1.82, 2.24) is 4.90 Å². The molecule has 0 amide bonds. The molecule has 1 aliphatic heterocycles. The molecule has 1 aromatic carbocycles. The number of nitrogens with zero attached hydrogens (tertiary/aromatic N) is 1. The Kier molecular flexibility index (Phi) is 4.47. The van der Waals surface area contributed by atoms with Gasteiger partial charge in [0.2, 0.25) is 0 Å². The van der Waals surface area contributed by atoms with E-state index >= 15 is 0 Å². The zero-order valence-electron chi connectivity index (χ0n) is 13.0. The van der Waals surface area contributed by atoms with Crippen LogP contribution in [-0.2, 0) is 11.3 Å². The van der Waals surface area contributed by atoms with Crippen molar-refractivity contribution >= 4 is 15.9 Å². The van der Waals surface area contributed by atoms with Crippen molar-refractivity contribution < 1.29 is 9.47 Å². The molecule has 0 bridgehead atoms. The first kappa shape index (κ1) is 15.8. The van der Waals surface area contributed by atoms with Gasteiger partial charge in [-0.15, -0.1) is 0 Å². The predicted octanol–water partition coefficient (Wildman–Crippen LogP) is 3.85. The molecule has 0 radical (unpaired) electrons. The Balaban J connectivity index is 2.11. The van der Waals surface area contributed by atoms with Gasteiger partial charge in [0.15, 0.2) is 0 Å². The number of rotatable bonds is 3. The van der Waals surface area contributed by atoms with Gasteiger partial charge in [-0.1, -0.05) is 6.07 Å². The molecule has 0 N–H and O–H groups in total. The largest absolute Gasteiger partial charge is 0.496 e. The van der Waals surface area contributed by atoms with Crippen LogP contribution in [0.5, 0.6) is 5.75 Å². The smallest absolute Gasteiger partial charge is 0.133 e. The summed E-state index contributed by atoms with van der Waals surface area (Å²) in [6, 6.07) is 6.27. The number of methoxy groups -OCH3 is 1. The molecule has 0 atom stereocenters. The summed E-state index contributed by atoms with van der Waals surface area (Å²) in [5.74, 6) is 0.872. The van der Waals surface area contributed by atoms with Gasteiger partial charge in [-0.25, -0.2) is 0 Å². The zero-order chi connectivity index (χ0) is 15.0. The van der Waals surface area contributed by atoms with Gasteiger partial charge >= 0.3 is 0 Å². The minimum absolute atomic E-state index is 0.106. The Bertz CT molecular complexity index is 469. The van der Waals surface area contributed by atoms with Crippen LogP contribution in [0, 0.1) is 0 Å². The number of halogens is 1. The fraction of sp³-hybridized carbons (Fsp3) is 0.625. The molecule has 0 aromatic heterocycles. The molecule has 1 fully saturated rings. The van der Waals surface area contributed by atoms with Crippen molar-refractivity contribution in [3.63, 3.8) is 0 Å². The van der Waals surface area contributed by atoms with Crippen LogP contribution in [0.2, 0.25) is 0 Å². The third-order valence-corrected chi connectivity index (χ3v) is 4.00. The summed E-state index contributed by atoms with van der Waals surface area (Å²) in [5.41, 5.74) is 1.07. The molecule has 0 unspecified atom stereocenters. The van der Waals surface area contributed by atoms with Crippen molar-refractivity contribution in [3.05, 3.63) is 28.2 Å². The normalized spacial score (nSPS) is 21.7. The van der Waals surface area contributed by atoms with Crippen LogP contribution in [0.1, 0.15) is 33.3 Å². The first-order chi connectivity index (χ1) is 9.21. The van der Waals surface area contributed by atoms with E-state index in [0.29, 0.717) is 0 Å². The summed E-state index contributed by atoms with van der Waals surface area (Å²) >= 11 is 3.55. The quantitative estimate of drug-likeness (QED) is 0.833. The number of morpholine rings is 1. The van der Waals surface area contributed by atoms with Gasteiger partial charge in [-0.3, -0.25) is 4.90 Å². The second-order valence-electron chi connectivity index (χ2n) is 6.74. The first-order valence-corrected chi connectivity index (χ1v) is 7.75. The van der Waals surface area contributed by atoms with E-state index in [1.165, 1.54) is 5.56 Å². The maximum atomic E-state index is 6.12. The highest BCUT2D eigenvalue weighted by Gasteiger charge is 2.37. The van der Waals surface area contributed by atoms with Crippen LogP contribution in [0.4, 0.5) is 0 Å². The van der Waals surface area contributed by atoms with E-state index in [-0.39, 0.29) is 11.2 Å². The second kappa shape index (κ2) is 5.66. The third-order valence-electron chi connectivity index (χ3n) is 3.38. The van der Waals surface area contributed by atoms with Crippen LogP contribution < -0.4 is 4.74 Å². The monoisotopic (exact) mass is 341 g/mol. The van der Waals surface area contributed by atoms with E-state index in [9.17, 15) is 0 Å². The van der Waals surface area contributed by atoms with E-state index in [2.05, 4.69) is 60.7 Å². The highest BCUT2D eigenvalue weighted by molar-refractivity contribution is 9.10. The molecule has 0 saturated carbocycles. The number of hydrogen-bond acceptors (Lipinski definition) is 3. The second-order valence-corrected chi connectivity index (χ2v) is 7.59. The Morgan fingerprint density at radius 3 is 2.30 bits per heavy atom. The van der Waals surface area contributed by atoms with Crippen molar-refractivity contribution in [2.45, 2.75) is 45.4 Å². The van der Waals surface area contributed by atoms with Crippen LogP contribution in [0.25, 0.3) is 0 Å². The van der Waals surface area contributed by atoms with Gasteiger partial charge in [-0.2, -0.15) is 0 Å². The standard InChI is InChI=1S/C16H24BrNO2/c1-15(2)10-18(11-16(3,4)20-15)9-12-6-7-14(19-5)13(17)8-12/h6-8H,9-11H2,1-5H3. The van der Waals surface area contributed by atoms with Crippen LogP contribution >= 0.6 is 15.9 Å². The van der Waals surface area contributed by atoms with Gasteiger partial charge in [0.05, 0.1) is 22.8 Å². The average molecular weight is 342 g/mol. The molecule has 2 rings (SSSR count). The molecule has 1 aliphatic rings. The lowest BCUT2D eigenvalue weighted by molar-refractivity contribution is -0.182. The molecular weight excluding hydrogens is 318 g/mol. The molecule has 0 aliphatic carbocycles. The lowest BCUT2D eigenvalue weighted by Crippen LogP contribution is -2.56. The molecule has 4 heteroatoms. The molecule has 1 saturated heterocycles. The van der Waals surface area contributed by atoms with E-state index in [4.69, 9.17) is 9.47 Å². The number of ether oxygens (including phenoxy) is 2. The Morgan fingerprint density at radius 1 is 1.20 bits per heavy atom. The average Bonchev–Trinajstić information content (AvgIpc) is 2.24. The van der Waals surface area contributed by atoms with Crippen LogP contribution in [0.15, 0.2) is 22.7 Å². The summed E-state index contributed by atoms with van der Waals surface area (Å²) in [4.78, 5) is 2.46. The highest BCUT2D eigenvalue weighted by Crippen LogP contribution is 2.30. The van der Waals surface area contributed by atoms with Crippen molar-refractivity contribution in [2.75, 3.05) is 20.2 Å². The molecular formula is C16H24BrNO2. The van der Waals surface area contributed by atoms with E-state index < -0.39 is 0 Å². The summed E-state index contributed by atoms with van der Waals surface area (Å²) in [7, 11) is 1.69. The minimum atomic E-state index is -0.106. The van der Waals surface area contributed by atoms with Crippen LogP contribution in [0.3, 0.4) is 0 Å². The first-order valence-electron chi connectivity index (χ1n) is 6.96. The van der Waals surface area contributed by atoms with E-state index in [0.717, 1.165) is 29.9 Å². The van der Waals surface area contributed by atoms with Gasteiger partial charge in [-0.05, 0) is 61.3 Å². The SMILES string of the molecule is COc1ccc(CN2CC(C)(C)OC(C)(C)C2)cc1Br. The molecule has 0 spiro atoms. The number of benzene rings is 1. The van der Waals surface area contributed by atoms with Crippen molar-refractivity contribution in [3.8, 4) is 5.75 Å². The van der Waals surface area contributed by atoms with Gasteiger partial charge in [0.25, 0.3) is 0 Å². The van der Waals surface area contributed by atoms with Crippen molar-refractivity contribution in [2.24, 2.45) is 0 Å². The van der Waals surface area contributed by atoms with E-state index in [1.807, 2.05) is 6.07 Å². The zero-order valence-corrected chi connectivity index (χ0v) is 14.6. The lowest BCUT2D eigenvalue weighted by Gasteiger charge is -2.47. The molecule has 1 heterocycles. The third kappa shape index (κ3) is 3.96. The molecule has 3 nitrogen and oxygen atoms in total. The maximum Gasteiger partial charge on any atom is 0.133 e. The lowest BCUT2D eigenvalue weighted by atomic mass is 9.98. The predicted molar refractivity (Wildman–Crippen MR) is 85.2 cm³/mol. The van der Waals surface area contributed by atoms with Crippen molar-refractivity contribution in [1.29, 1.82) is 0 Å². The van der Waals surface area contributed by atoms with E-state index in [1.54, 1.807) is 7.11 Å². The van der Waals surface area contributed by atoms with Gasteiger partial charge in [0, 0.05) is 19.6 Å². The molecule has 1 aromatic rings. The molecule has 20 heavy (non-hydrogen) atoms. The Labute approximate surface area is 130 Å². The summed E-state index contributed by atoms with van der Waals surface area (Å²) in [6.07, 6.45) is 0. The molecule has 112 valence electrons. The van der Waals surface area contributed by atoms with Gasteiger partial charge in [0.1, 0.15) is 5.75 Å².